The minimum atomic E-state index is -0.863. The largest absolute Gasteiger partial charge is 0.481 e. The van der Waals surface area contributed by atoms with E-state index in [-0.39, 0.29) is 19.8 Å². The van der Waals surface area contributed by atoms with E-state index in [1.54, 1.807) is 0 Å². The van der Waals surface area contributed by atoms with Crippen LogP contribution >= 0.6 is 12.2 Å². The summed E-state index contributed by atoms with van der Waals surface area (Å²) < 4.78 is 0. The molecule has 4 N–H and O–H groups in total. The van der Waals surface area contributed by atoms with Crippen molar-refractivity contribution in [1.29, 1.82) is 0 Å². The first-order chi connectivity index (χ1) is 7.56. The maximum atomic E-state index is 10.4. The second-order valence-corrected chi connectivity index (χ2v) is 4.47. The van der Waals surface area contributed by atoms with Gasteiger partial charge in [0.2, 0.25) is 0 Å². The maximum Gasteiger partial charge on any atom is 0.303 e. The number of thiocarbonyl (C=S) groups is 1. The van der Waals surface area contributed by atoms with Crippen molar-refractivity contribution in [2.24, 2.45) is 5.73 Å². The van der Waals surface area contributed by atoms with Crippen molar-refractivity contribution < 1.29 is 14.9 Å². The maximum absolute atomic E-state index is 10.4. The predicted molar refractivity (Wildman–Crippen MR) is 66.5 cm³/mol. The Morgan fingerprint density at radius 3 is 2.94 bits per heavy atom. The predicted octanol–water partition coefficient (Wildman–Crippen LogP) is -0.728. The summed E-state index contributed by atoms with van der Waals surface area (Å²) in [6, 6.07) is -0.404. The number of nitrogens with two attached hydrogens (primary N) is 1. The van der Waals surface area contributed by atoms with Crippen LogP contribution in [0.3, 0.4) is 0 Å². The molecule has 2 unspecified atom stereocenters. The lowest BCUT2D eigenvalue weighted by atomic mass is 9.86. The second-order valence-electron chi connectivity index (χ2n) is 4.05. The first-order valence-electron chi connectivity index (χ1n) is 5.45. The summed E-state index contributed by atoms with van der Waals surface area (Å²) in [7, 11) is 0.0752. The molecule has 0 spiro atoms. The third-order valence-electron chi connectivity index (χ3n) is 2.86. The Balaban J connectivity index is 2.46. The molecule has 7 heteroatoms. The molecule has 0 aliphatic carbocycles. The Hall–Kier alpha value is -0.655. The third-order valence-corrected chi connectivity index (χ3v) is 3.39. The minimum absolute atomic E-state index is 0.0267. The zero-order valence-corrected chi connectivity index (χ0v) is 9.95. The Bertz CT molecular complexity index is 277. The number of hydrogen-bond acceptors (Lipinski definition) is 4. The molecule has 0 aromatic rings. The third kappa shape index (κ3) is 3.43. The molecule has 1 saturated heterocycles. The van der Waals surface area contributed by atoms with E-state index < -0.39 is 12.0 Å². The van der Waals surface area contributed by atoms with Crippen LogP contribution in [0.5, 0.6) is 0 Å². The average Bonchev–Trinajstić information content (AvgIpc) is 2.72. The van der Waals surface area contributed by atoms with Crippen LogP contribution in [-0.2, 0) is 4.79 Å². The fraction of sp³-hybridized carbons (Fsp3) is 0.778. The lowest BCUT2D eigenvalue weighted by Gasteiger charge is -2.28. The van der Waals surface area contributed by atoms with Crippen LogP contribution < -0.4 is 5.73 Å². The van der Waals surface area contributed by atoms with Crippen LogP contribution in [0.15, 0.2) is 0 Å². The highest BCUT2D eigenvalue weighted by atomic mass is 32.1. The Kier molecular flexibility index (Phi) is 5.17. The zero-order chi connectivity index (χ0) is 12.1. The standard InChI is InChI=1S/C9H17BN2O3S/c11-6(3-4-8(13)14)9(16)12-5-1-2-7(12)10-15/h6-7,10,15H,1-5,11H2,(H,13,14). The number of carboxylic acid groups (broad SMARTS) is 1. The van der Waals surface area contributed by atoms with Gasteiger partial charge in [-0.05, 0) is 19.3 Å². The van der Waals surface area contributed by atoms with Gasteiger partial charge in [0.1, 0.15) is 0 Å². The molecule has 1 rings (SSSR count). The molecular weight excluding hydrogens is 227 g/mol. The normalized spacial score (nSPS) is 21.9. The molecule has 0 bridgehead atoms. The lowest BCUT2D eigenvalue weighted by Crippen LogP contribution is -2.46. The molecule has 0 radical (unpaired) electrons. The quantitative estimate of drug-likeness (QED) is 0.436. The van der Waals surface area contributed by atoms with Gasteiger partial charge in [-0.2, -0.15) is 0 Å². The number of nitrogens with zero attached hydrogens (tertiary/aromatic N) is 1. The van der Waals surface area contributed by atoms with Gasteiger partial charge in [-0.25, -0.2) is 0 Å². The molecule has 90 valence electrons. The number of hydrogen-bond donors (Lipinski definition) is 3. The van der Waals surface area contributed by atoms with E-state index in [4.69, 9.17) is 28.1 Å². The first-order valence-corrected chi connectivity index (χ1v) is 5.85. The summed E-state index contributed by atoms with van der Waals surface area (Å²) in [4.78, 5) is 12.9. The summed E-state index contributed by atoms with van der Waals surface area (Å²) in [6.07, 6.45) is 2.29. The lowest BCUT2D eigenvalue weighted by molar-refractivity contribution is -0.137. The van der Waals surface area contributed by atoms with Crippen LogP contribution in [0, 0.1) is 0 Å². The summed E-state index contributed by atoms with van der Waals surface area (Å²) >= 11 is 5.23. The summed E-state index contributed by atoms with van der Waals surface area (Å²) in [6.45, 7) is 0.810. The molecule has 0 aromatic heterocycles. The van der Waals surface area contributed by atoms with E-state index in [2.05, 4.69) is 0 Å². The minimum Gasteiger partial charge on any atom is -0.481 e. The Labute approximate surface area is 101 Å². The highest BCUT2D eigenvalue weighted by molar-refractivity contribution is 7.80. The van der Waals surface area contributed by atoms with E-state index in [0.29, 0.717) is 11.4 Å². The van der Waals surface area contributed by atoms with Crippen LogP contribution in [-0.4, -0.2) is 52.0 Å². The van der Waals surface area contributed by atoms with E-state index in [1.165, 1.54) is 0 Å². The molecule has 1 heterocycles. The van der Waals surface area contributed by atoms with E-state index in [0.717, 1.165) is 19.4 Å². The number of likely N-dealkylation sites (tertiary alicyclic amines) is 1. The van der Waals surface area contributed by atoms with Crippen LogP contribution in [0.2, 0.25) is 0 Å². The second kappa shape index (κ2) is 6.17. The molecule has 16 heavy (non-hydrogen) atoms. The van der Waals surface area contributed by atoms with E-state index in [1.807, 2.05) is 4.90 Å². The van der Waals surface area contributed by atoms with Crippen LogP contribution in [0.4, 0.5) is 0 Å². The van der Waals surface area contributed by atoms with Crippen molar-refractivity contribution in [3.63, 3.8) is 0 Å². The molecular formula is C9H17BN2O3S. The van der Waals surface area contributed by atoms with Crippen LogP contribution in [0.1, 0.15) is 25.7 Å². The SMILES string of the molecule is NC(CCC(=O)O)C(=S)N1CCCC1BO. The summed E-state index contributed by atoms with van der Waals surface area (Å²) in [5.41, 5.74) is 5.83. The van der Waals surface area contributed by atoms with Crippen molar-refractivity contribution in [2.75, 3.05) is 6.54 Å². The van der Waals surface area contributed by atoms with Gasteiger partial charge in [0.05, 0.1) is 11.0 Å². The van der Waals surface area contributed by atoms with Gasteiger partial charge in [-0.15, -0.1) is 0 Å². The molecule has 1 aliphatic rings. The topological polar surface area (TPSA) is 86.8 Å². The molecule has 0 aromatic carbocycles. The average molecular weight is 244 g/mol. The smallest absolute Gasteiger partial charge is 0.303 e. The molecule has 1 fully saturated rings. The van der Waals surface area contributed by atoms with Crippen LogP contribution in [0.25, 0.3) is 0 Å². The molecule has 1 aliphatic heterocycles. The highest BCUT2D eigenvalue weighted by Gasteiger charge is 2.29. The van der Waals surface area contributed by atoms with Crippen molar-refractivity contribution in [3.8, 4) is 0 Å². The van der Waals surface area contributed by atoms with Crippen molar-refractivity contribution >= 4 is 30.7 Å². The number of rotatable bonds is 5. The van der Waals surface area contributed by atoms with Crippen molar-refractivity contribution in [1.82, 2.24) is 4.90 Å². The first kappa shape index (κ1) is 13.4. The monoisotopic (exact) mass is 244 g/mol. The van der Waals surface area contributed by atoms with Gasteiger partial charge in [-0.3, -0.25) is 4.79 Å². The van der Waals surface area contributed by atoms with Gasteiger partial charge >= 0.3 is 5.97 Å². The van der Waals surface area contributed by atoms with Gasteiger partial charge in [0.15, 0.2) is 0 Å². The van der Waals surface area contributed by atoms with Crippen molar-refractivity contribution in [3.05, 3.63) is 0 Å². The van der Waals surface area contributed by atoms with Gasteiger partial charge < -0.3 is 20.8 Å². The Morgan fingerprint density at radius 2 is 2.38 bits per heavy atom. The molecule has 0 saturated carbocycles. The van der Waals surface area contributed by atoms with E-state index in [9.17, 15) is 4.79 Å². The molecule has 0 amide bonds. The van der Waals surface area contributed by atoms with Gasteiger partial charge in [-0.1, -0.05) is 12.2 Å². The zero-order valence-electron chi connectivity index (χ0n) is 9.13. The molecule has 2 atom stereocenters. The van der Waals surface area contributed by atoms with E-state index >= 15 is 0 Å². The molecule has 5 nitrogen and oxygen atoms in total. The van der Waals surface area contributed by atoms with Gasteiger partial charge in [0, 0.05) is 18.9 Å². The number of carboxylic acids is 1. The number of aliphatic carboxylic acids is 1. The van der Waals surface area contributed by atoms with Gasteiger partial charge in [0.25, 0.3) is 7.48 Å². The fourth-order valence-electron chi connectivity index (χ4n) is 1.93. The summed E-state index contributed by atoms with van der Waals surface area (Å²) in [5.74, 6) is -0.804. The van der Waals surface area contributed by atoms with Crippen molar-refractivity contribution in [2.45, 2.75) is 37.7 Å². The Morgan fingerprint density at radius 1 is 1.69 bits per heavy atom. The fourth-order valence-corrected chi connectivity index (χ4v) is 2.29. The number of carbonyl (C=O) groups is 1. The summed E-state index contributed by atoms with van der Waals surface area (Å²) in [5, 5.41) is 17.7. The highest BCUT2D eigenvalue weighted by Crippen LogP contribution is 2.18.